The average Bonchev–Trinajstić information content (AvgIpc) is 2.01. The molecule has 0 aliphatic heterocycles. The predicted molar refractivity (Wildman–Crippen MR) is 53.1 cm³/mol. The highest BCUT2D eigenvalue weighted by molar-refractivity contribution is 9.11. The third-order valence-corrected chi connectivity index (χ3v) is 2.51. The zero-order chi connectivity index (χ0) is 10.9. The maximum atomic E-state index is 12.4. The van der Waals surface area contributed by atoms with Crippen molar-refractivity contribution >= 4 is 37.5 Å². The highest BCUT2D eigenvalue weighted by Crippen LogP contribution is 2.42. The Kier molecular flexibility index (Phi) is 3.22. The van der Waals surface area contributed by atoms with Gasteiger partial charge in [0.05, 0.1) is 12.1 Å². The second-order valence-corrected chi connectivity index (χ2v) is 4.16. The number of alkyl halides is 3. The fraction of sp³-hybridized carbons (Fsp3) is 0.125. The molecule has 0 saturated carbocycles. The van der Waals surface area contributed by atoms with Crippen molar-refractivity contribution in [3.8, 4) is 0 Å². The normalized spacial score (nSPS) is 11.1. The molecule has 0 spiro atoms. The van der Waals surface area contributed by atoms with Gasteiger partial charge < -0.3 is 0 Å². The van der Waals surface area contributed by atoms with E-state index in [-0.39, 0.29) is 8.95 Å². The molecule has 0 unspecified atom stereocenters. The summed E-state index contributed by atoms with van der Waals surface area (Å²) in [6.07, 6.45) is -4.51. The summed E-state index contributed by atoms with van der Waals surface area (Å²) in [4.78, 5) is 2.84. The minimum Gasteiger partial charge on any atom is -0.236 e. The van der Waals surface area contributed by atoms with Crippen LogP contribution in [0.3, 0.4) is 0 Å². The van der Waals surface area contributed by atoms with Crippen molar-refractivity contribution in [2.75, 3.05) is 0 Å². The summed E-state index contributed by atoms with van der Waals surface area (Å²) in [6.45, 7) is 6.66. The van der Waals surface area contributed by atoms with Crippen LogP contribution in [0.25, 0.3) is 4.85 Å². The van der Waals surface area contributed by atoms with Crippen LogP contribution in [0.2, 0.25) is 0 Å². The summed E-state index contributed by atoms with van der Waals surface area (Å²) in [5.41, 5.74) is -1.35. The van der Waals surface area contributed by atoms with Crippen molar-refractivity contribution in [1.29, 1.82) is 0 Å². The Bertz CT molecular complexity index is 406. The predicted octanol–water partition coefficient (Wildman–Crippen LogP) is 4.78. The summed E-state index contributed by atoms with van der Waals surface area (Å²) in [5.74, 6) is 0. The van der Waals surface area contributed by atoms with E-state index >= 15 is 0 Å². The smallest absolute Gasteiger partial charge is 0.236 e. The lowest BCUT2D eigenvalue weighted by atomic mass is 10.2. The third kappa shape index (κ3) is 2.28. The summed E-state index contributed by atoms with van der Waals surface area (Å²) >= 11 is 5.84. The van der Waals surface area contributed by atoms with Gasteiger partial charge in [0.25, 0.3) is 0 Å². The van der Waals surface area contributed by atoms with Crippen molar-refractivity contribution in [3.05, 3.63) is 38.1 Å². The maximum Gasteiger partial charge on any atom is 0.407 e. The second-order valence-electron chi connectivity index (χ2n) is 2.39. The molecular formula is C8H2Br2F3N. The molecule has 0 bridgehead atoms. The lowest BCUT2D eigenvalue weighted by Crippen LogP contribution is -2.05. The Balaban J connectivity index is 3.50. The lowest BCUT2D eigenvalue weighted by molar-refractivity contribution is -0.136. The van der Waals surface area contributed by atoms with Crippen LogP contribution >= 0.6 is 31.9 Å². The monoisotopic (exact) mass is 327 g/mol. The Morgan fingerprint density at radius 2 is 1.79 bits per heavy atom. The van der Waals surface area contributed by atoms with Gasteiger partial charge in [0, 0.05) is 8.95 Å². The first-order valence-corrected chi connectivity index (χ1v) is 4.88. The van der Waals surface area contributed by atoms with Gasteiger partial charge in [-0.25, -0.2) is 4.85 Å². The summed E-state index contributed by atoms with van der Waals surface area (Å²) in [5, 5.41) is 0. The van der Waals surface area contributed by atoms with Crippen molar-refractivity contribution in [2.24, 2.45) is 0 Å². The van der Waals surface area contributed by atoms with Crippen LogP contribution in [-0.4, -0.2) is 0 Å². The van der Waals surface area contributed by atoms with E-state index in [1.165, 1.54) is 6.07 Å². The largest absolute Gasteiger partial charge is 0.407 e. The van der Waals surface area contributed by atoms with E-state index in [0.717, 1.165) is 6.07 Å². The van der Waals surface area contributed by atoms with E-state index in [0.29, 0.717) is 0 Å². The van der Waals surface area contributed by atoms with Gasteiger partial charge in [-0.15, -0.1) is 0 Å². The zero-order valence-corrected chi connectivity index (χ0v) is 9.66. The van der Waals surface area contributed by atoms with Crippen LogP contribution in [0.4, 0.5) is 18.9 Å². The summed E-state index contributed by atoms with van der Waals surface area (Å²) < 4.78 is 37.6. The molecule has 0 aliphatic rings. The van der Waals surface area contributed by atoms with E-state index in [1.54, 1.807) is 0 Å². The Morgan fingerprint density at radius 1 is 1.21 bits per heavy atom. The number of nitrogens with zero attached hydrogens (tertiary/aromatic N) is 1. The summed E-state index contributed by atoms with van der Waals surface area (Å²) in [7, 11) is 0. The van der Waals surface area contributed by atoms with E-state index < -0.39 is 17.4 Å². The highest BCUT2D eigenvalue weighted by atomic mass is 79.9. The molecule has 0 aromatic heterocycles. The first-order chi connectivity index (χ1) is 6.36. The Morgan fingerprint density at radius 3 is 2.21 bits per heavy atom. The van der Waals surface area contributed by atoms with E-state index in [9.17, 15) is 13.2 Å². The SMILES string of the molecule is [C-]#[N+]c1c(Br)cc(Br)cc1C(F)(F)F. The minimum atomic E-state index is -4.51. The molecular weight excluding hydrogens is 327 g/mol. The molecule has 14 heavy (non-hydrogen) atoms. The fourth-order valence-corrected chi connectivity index (χ4v) is 2.21. The van der Waals surface area contributed by atoms with Crippen LogP contribution in [0.15, 0.2) is 21.1 Å². The fourth-order valence-electron chi connectivity index (χ4n) is 0.896. The van der Waals surface area contributed by atoms with Crippen LogP contribution in [-0.2, 0) is 6.18 Å². The average molecular weight is 329 g/mol. The van der Waals surface area contributed by atoms with E-state index in [1.807, 2.05) is 0 Å². The van der Waals surface area contributed by atoms with Gasteiger partial charge in [-0.2, -0.15) is 13.2 Å². The van der Waals surface area contributed by atoms with Gasteiger partial charge in [0.15, 0.2) is 0 Å². The van der Waals surface area contributed by atoms with Gasteiger partial charge in [-0.3, -0.25) is 0 Å². The van der Waals surface area contributed by atoms with Gasteiger partial charge >= 0.3 is 6.18 Å². The molecule has 0 amide bonds. The number of rotatable bonds is 0. The quantitative estimate of drug-likeness (QED) is 0.604. The molecule has 0 radical (unpaired) electrons. The Labute approximate surface area is 95.0 Å². The van der Waals surface area contributed by atoms with Gasteiger partial charge in [-0.05, 0) is 12.1 Å². The zero-order valence-electron chi connectivity index (χ0n) is 6.49. The molecule has 6 heteroatoms. The van der Waals surface area contributed by atoms with Crippen LogP contribution in [0.5, 0.6) is 0 Å². The molecule has 1 aromatic carbocycles. The molecule has 1 aromatic rings. The molecule has 1 rings (SSSR count). The molecule has 0 heterocycles. The molecule has 1 nitrogen and oxygen atoms in total. The van der Waals surface area contributed by atoms with E-state index in [2.05, 4.69) is 36.7 Å². The standard InChI is InChI=1S/C8H2Br2F3N/c1-14-7-5(8(11,12)13)2-4(9)3-6(7)10/h2-3H. The number of halogens is 5. The number of hydrogen-bond donors (Lipinski definition) is 0. The number of hydrogen-bond acceptors (Lipinski definition) is 0. The van der Waals surface area contributed by atoms with Crippen molar-refractivity contribution < 1.29 is 13.2 Å². The first-order valence-electron chi connectivity index (χ1n) is 3.30. The first kappa shape index (κ1) is 11.5. The van der Waals surface area contributed by atoms with Gasteiger partial charge in [-0.1, -0.05) is 31.9 Å². The van der Waals surface area contributed by atoms with E-state index in [4.69, 9.17) is 6.57 Å². The number of benzene rings is 1. The Hall–Kier alpha value is -0.540. The molecule has 0 saturated heterocycles. The minimum absolute atomic E-state index is 0.134. The van der Waals surface area contributed by atoms with Crippen LogP contribution in [0.1, 0.15) is 5.56 Å². The molecule has 0 N–H and O–H groups in total. The van der Waals surface area contributed by atoms with Crippen molar-refractivity contribution in [3.63, 3.8) is 0 Å². The molecule has 74 valence electrons. The topological polar surface area (TPSA) is 4.36 Å². The second kappa shape index (κ2) is 3.91. The van der Waals surface area contributed by atoms with Crippen LogP contribution in [0, 0.1) is 6.57 Å². The third-order valence-electron chi connectivity index (χ3n) is 1.45. The van der Waals surface area contributed by atoms with Crippen LogP contribution < -0.4 is 0 Å². The van der Waals surface area contributed by atoms with Crippen molar-refractivity contribution in [1.82, 2.24) is 0 Å². The van der Waals surface area contributed by atoms with Gasteiger partial charge in [0.2, 0.25) is 5.69 Å². The van der Waals surface area contributed by atoms with Crippen molar-refractivity contribution in [2.45, 2.75) is 6.18 Å². The lowest BCUT2D eigenvalue weighted by Gasteiger charge is -2.10. The maximum absolute atomic E-state index is 12.4. The highest BCUT2D eigenvalue weighted by Gasteiger charge is 2.34. The molecule has 0 atom stereocenters. The summed E-state index contributed by atoms with van der Waals surface area (Å²) in [6, 6.07) is 2.29. The van der Waals surface area contributed by atoms with Gasteiger partial charge in [0.1, 0.15) is 0 Å². The molecule has 0 aliphatic carbocycles. The molecule has 0 fully saturated rings.